The number of ether oxygens (including phenoxy) is 1. The van der Waals surface area contributed by atoms with Gasteiger partial charge in [-0.3, -0.25) is 4.98 Å². The first-order chi connectivity index (χ1) is 8.36. The third-order valence-corrected chi connectivity index (χ3v) is 3.55. The Balaban J connectivity index is 1.69. The van der Waals surface area contributed by atoms with Crippen LogP contribution in [0.3, 0.4) is 0 Å². The average molecular weight is 252 g/mol. The molecule has 0 radical (unpaired) electrons. The molecule has 4 nitrogen and oxygen atoms in total. The van der Waals surface area contributed by atoms with Crippen LogP contribution in [0.25, 0.3) is 0 Å². The van der Waals surface area contributed by atoms with Crippen molar-refractivity contribution in [1.29, 1.82) is 0 Å². The number of aromatic nitrogens is 1. The van der Waals surface area contributed by atoms with Crippen LogP contribution >= 0.6 is 11.8 Å². The van der Waals surface area contributed by atoms with E-state index in [4.69, 9.17) is 4.74 Å². The molecule has 0 saturated carbocycles. The summed E-state index contributed by atoms with van der Waals surface area (Å²) >= 11 is 1.88. The van der Waals surface area contributed by atoms with E-state index < -0.39 is 0 Å². The summed E-state index contributed by atoms with van der Waals surface area (Å²) in [6.07, 6.45) is 4.07. The molecule has 1 aliphatic rings. The van der Waals surface area contributed by atoms with Crippen molar-refractivity contribution in [2.45, 2.75) is 6.42 Å². The Morgan fingerprint density at radius 1 is 1.47 bits per heavy atom. The lowest BCUT2D eigenvalue weighted by Gasteiger charge is -2.25. The van der Waals surface area contributed by atoms with E-state index in [-0.39, 0.29) is 6.09 Å². The van der Waals surface area contributed by atoms with Gasteiger partial charge in [-0.05, 0) is 11.6 Å². The SMILES string of the molecule is O=C(OCCc1cccnc1)N1CCSCC1. The summed E-state index contributed by atoms with van der Waals surface area (Å²) in [5.74, 6) is 2.02. The van der Waals surface area contributed by atoms with Gasteiger partial charge in [0, 0.05) is 43.4 Å². The van der Waals surface area contributed by atoms with Crippen molar-refractivity contribution in [2.75, 3.05) is 31.2 Å². The quantitative estimate of drug-likeness (QED) is 0.823. The number of rotatable bonds is 3. The van der Waals surface area contributed by atoms with Gasteiger partial charge < -0.3 is 9.64 Å². The maximum atomic E-state index is 11.7. The van der Waals surface area contributed by atoms with E-state index in [1.807, 2.05) is 23.9 Å². The van der Waals surface area contributed by atoms with Gasteiger partial charge in [-0.2, -0.15) is 11.8 Å². The van der Waals surface area contributed by atoms with Gasteiger partial charge in [0.1, 0.15) is 0 Å². The lowest BCUT2D eigenvalue weighted by atomic mass is 10.2. The van der Waals surface area contributed by atoms with Gasteiger partial charge in [-0.15, -0.1) is 0 Å². The largest absolute Gasteiger partial charge is 0.449 e. The van der Waals surface area contributed by atoms with Crippen LogP contribution in [0.15, 0.2) is 24.5 Å². The van der Waals surface area contributed by atoms with Crippen LogP contribution in [0.2, 0.25) is 0 Å². The van der Waals surface area contributed by atoms with E-state index in [9.17, 15) is 4.79 Å². The van der Waals surface area contributed by atoms with Crippen molar-refractivity contribution in [3.8, 4) is 0 Å². The van der Waals surface area contributed by atoms with Gasteiger partial charge in [0.25, 0.3) is 0 Å². The number of hydrogen-bond acceptors (Lipinski definition) is 4. The Kier molecular flexibility index (Phi) is 4.67. The van der Waals surface area contributed by atoms with Crippen molar-refractivity contribution in [1.82, 2.24) is 9.88 Å². The molecule has 17 heavy (non-hydrogen) atoms. The van der Waals surface area contributed by atoms with Gasteiger partial charge in [0.2, 0.25) is 0 Å². The zero-order valence-electron chi connectivity index (χ0n) is 9.67. The van der Waals surface area contributed by atoms with Crippen molar-refractivity contribution >= 4 is 17.9 Å². The van der Waals surface area contributed by atoms with Gasteiger partial charge >= 0.3 is 6.09 Å². The normalized spacial score (nSPS) is 15.6. The van der Waals surface area contributed by atoms with Crippen LogP contribution in [0.4, 0.5) is 4.79 Å². The monoisotopic (exact) mass is 252 g/mol. The number of carbonyl (C=O) groups is 1. The second-order valence-corrected chi connectivity index (χ2v) is 5.05. The topological polar surface area (TPSA) is 42.4 Å². The minimum Gasteiger partial charge on any atom is -0.449 e. The molecule has 2 heterocycles. The Morgan fingerprint density at radius 3 is 3.00 bits per heavy atom. The molecule has 0 atom stereocenters. The molecule has 5 heteroatoms. The molecule has 0 unspecified atom stereocenters. The number of pyridine rings is 1. The molecule has 1 saturated heterocycles. The van der Waals surface area contributed by atoms with Crippen LogP contribution in [0.1, 0.15) is 5.56 Å². The minimum absolute atomic E-state index is 0.186. The zero-order chi connectivity index (χ0) is 11.9. The molecule has 2 rings (SSSR count). The van der Waals surface area contributed by atoms with Crippen LogP contribution < -0.4 is 0 Å². The summed E-state index contributed by atoms with van der Waals surface area (Å²) < 4.78 is 5.24. The Labute approximate surface area is 105 Å². The lowest BCUT2D eigenvalue weighted by Crippen LogP contribution is -2.38. The summed E-state index contributed by atoms with van der Waals surface area (Å²) in [7, 11) is 0. The standard InChI is InChI=1S/C12H16N2O2S/c15-12(14-5-8-17-9-6-14)16-7-3-11-2-1-4-13-10-11/h1-2,4,10H,3,5-9H2. The highest BCUT2D eigenvalue weighted by atomic mass is 32.2. The predicted octanol–water partition coefficient (Wildman–Crippen LogP) is 1.81. The fourth-order valence-corrected chi connectivity index (χ4v) is 2.54. The second kappa shape index (κ2) is 6.49. The zero-order valence-corrected chi connectivity index (χ0v) is 10.5. The smallest absolute Gasteiger partial charge is 0.409 e. The van der Waals surface area contributed by atoms with Gasteiger partial charge in [-0.1, -0.05) is 6.07 Å². The Hall–Kier alpha value is -1.23. The van der Waals surface area contributed by atoms with Crippen LogP contribution in [0, 0.1) is 0 Å². The maximum absolute atomic E-state index is 11.7. The average Bonchev–Trinajstić information content (AvgIpc) is 2.41. The molecular weight excluding hydrogens is 236 g/mol. The third-order valence-electron chi connectivity index (χ3n) is 2.61. The minimum atomic E-state index is -0.186. The number of carbonyl (C=O) groups excluding carboxylic acids is 1. The second-order valence-electron chi connectivity index (χ2n) is 3.83. The van der Waals surface area contributed by atoms with Crippen LogP contribution in [0.5, 0.6) is 0 Å². The molecule has 1 fully saturated rings. The highest BCUT2D eigenvalue weighted by Gasteiger charge is 2.17. The van der Waals surface area contributed by atoms with Crippen molar-refractivity contribution in [2.24, 2.45) is 0 Å². The predicted molar refractivity (Wildman–Crippen MR) is 68.2 cm³/mol. The molecule has 92 valence electrons. The van der Waals surface area contributed by atoms with E-state index in [0.717, 1.165) is 36.6 Å². The van der Waals surface area contributed by atoms with E-state index in [1.165, 1.54) is 0 Å². The molecule has 0 aliphatic carbocycles. The molecule has 0 aromatic carbocycles. The fourth-order valence-electron chi connectivity index (χ4n) is 1.64. The molecule has 0 spiro atoms. The number of thioether (sulfide) groups is 1. The molecule has 1 amide bonds. The molecule has 0 N–H and O–H groups in total. The summed E-state index contributed by atoms with van der Waals surface area (Å²) in [6.45, 7) is 2.03. The first-order valence-corrected chi connectivity index (χ1v) is 6.90. The third kappa shape index (κ3) is 3.93. The highest BCUT2D eigenvalue weighted by Crippen LogP contribution is 2.10. The lowest BCUT2D eigenvalue weighted by molar-refractivity contribution is 0.107. The molecular formula is C12H16N2O2S. The number of hydrogen-bond donors (Lipinski definition) is 0. The fraction of sp³-hybridized carbons (Fsp3) is 0.500. The van der Waals surface area contributed by atoms with E-state index in [0.29, 0.717) is 6.61 Å². The summed E-state index contributed by atoms with van der Waals surface area (Å²) in [5.41, 5.74) is 1.09. The summed E-state index contributed by atoms with van der Waals surface area (Å²) in [6, 6.07) is 3.87. The van der Waals surface area contributed by atoms with Crippen molar-refractivity contribution in [3.05, 3.63) is 30.1 Å². The Morgan fingerprint density at radius 2 is 2.29 bits per heavy atom. The van der Waals surface area contributed by atoms with Crippen LogP contribution in [-0.2, 0) is 11.2 Å². The summed E-state index contributed by atoms with van der Waals surface area (Å²) in [5, 5.41) is 0. The molecule has 1 aromatic rings. The highest BCUT2D eigenvalue weighted by molar-refractivity contribution is 7.99. The maximum Gasteiger partial charge on any atom is 0.409 e. The summed E-state index contributed by atoms with van der Waals surface area (Å²) in [4.78, 5) is 17.5. The van der Waals surface area contributed by atoms with Gasteiger partial charge in [-0.25, -0.2) is 4.79 Å². The van der Waals surface area contributed by atoms with Crippen molar-refractivity contribution < 1.29 is 9.53 Å². The van der Waals surface area contributed by atoms with Gasteiger partial charge in [0.05, 0.1) is 6.61 Å². The number of amides is 1. The first-order valence-electron chi connectivity index (χ1n) is 5.74. The Bertz CT molecular complexity index is 353. The van der Waals surface area contributed by atoms with Gasteiger partial charge in [0.15, 0.2) is 0 Å². The molecule has 1 aromatic heterocycles. The van der Waals surface area contributed by atoms with Crippen molar-refractivity contribution in [3.63, 3.8) is 0 Å². The van der Waals surface area contributed by atoms with Crippen LogP contribution in [-0.4, -0.2) is 47.2 Å². The number of nitrogens with zero attached hydrogens (tertiary/aromatic N) is 2. The molecule has 1 aliphatic heterocycles. The van der Waals surface area contributed by atoms with E-state index in [2.05, 4.69) is 4.98 Å². The molecule has 0 bridgehead atoms. The first kappa shape index (κ1) is 12.2. The van der Waals surface area contributed by atoms with E-state index in [1.54, 1.807) is 17.3 Å². The van der Waals surface area contributed by atoms with E-state index >= 15 is 0 Å².